The SMILES string of the molecule is Cc1cc(CC(=O)NCCc2ccc(S(=O)(=O)NC(=O)NN3CCCCCC3)cc2)no1. The number of hydrogen-bond donors (Lipinski definition) is 3. The first kappa shape index (κ1) is 23.7. The van der Waals surface area contributed by atoms with Crippen LogP contribution in [0.1, 0.15) is 42.7 Å². The Hall–Kier alpha value is -2.92. The second-order valence-electron chi connectivity index (χ2n) is 7.80. The average molecular weight is 464 g/mol. The van der Waals surface area contributed by atoms with E-state index >= 15 is 0 Å². The maximum Gasteiger partial charge on any atom is 0.343 e. The Balaban J connectivity index is 1.44. The lowest BCUT2D eigenvalue weighted by Crippen LogP contribution is -2.49. The quantitative estimate of drug-likeness (QED) is 0.542. The molecule has 3 rings (SSSR count). The number of benzene rings is 1. The van der Waals surface area contributed by atoms with Crippen molar-refractivity contribution >= 4 is 22.0 Å². The Kier molecular flexibility index (Phi) is 8.23. The first-order chi connectivity index (χ1) is 15.3. The minimum Gasteiger partial charge on any atom is -0.361 e. The van der Waals surface area contributed by atoms with Gasteiger partial charge in [0.15, 0.2) is 0 Å². The number of aryl methyl sites for hydroxylation is 1. The van der Waals surface area contributed by atoms with Crippen LogP contribution in [0.25, 0.3) is 0 Å². The predicted molar refractivity (Wildman–Crippen MR) is 117 cm³/mol. The van der Waals surface area contributed by atoms with Crippen LogP contribution in [0.4, 0.5) is 4.79 Å². The van der Waals surface area contributed by atoms with Crippen LogP contribution < -0.4 is 15.5 Å². The molecule has 1 aliphatic rings. The van der Waals surface area contributed by atoms with E-state index in [9.17, 15) is 18.0 Å². The number of hydrazine groups is 1. The maximum absolute atomic E-state index is 12.5. The molecule has 1 aromatic heterocycles. The van der Waals surface area contributed by atoms with Gasteiger partial charge in [-0.2, -0.15) is 0 Å². The normalized spacial score (nSPS) is 15.0. The first-order valence-electron chi connectivity index (χ1n) is 10.7. The van der Waals surface area contributed by atoms with Crippen molar-refractivity contribution in [1.82, 2.24) is 25.6 Å². The van der Waals surface area contributed by atoms with Crippen LogP contribution in [-0.4, -0.2) is 50.2 Å². The fraction of sp³-hybridized carbons (Fsp3) is 0.476. The Morgan fingerprint density at radius 2 is 1.78 bits per heavy atom. The largest absolute Gasteiger partial charge is 0.361 e. The molecule has 1 aromatic carbocycles. The first-order valence-corrected chi connectivity index (χ1v) is 12.2. The van der Waals surface area contributed by atoms with Gasteiger partial charge in [-0.3, -0.25) is 10.2 Å². The number of carbonyl (C=O) groups is 2. The van der Waals surface area contributed by atoms with Gasteiger partial charge in [0.2, 0.25) is 5.91 Å². The maximum atomic E-state index is 12.5. The lowest BCUT2D eigenvalue weighted by Gasteiger charge is -2.20. The third-order valence-electron chi connectivity index (χ3n) is 5.08. The Morgan fingerprint density at radius 1 is 1.09 bits per heavy atom. The van der Waals surface area contributed by atoms with Crippen molar-refractivity contribution in [3.63, 3.8) is 0 Å². The molecule has 10 nitrogen and oxygen atoms in total. The molecule has 0 radical (unpaired) electrons. The molecule has 11 heteroatoms. The highest BCUT2D eigenvalue weighted by molar-refractivity contribution is 7.90. The summed E-state index contributed by atoms with van der Waals surface area (Å²) in [5.41, 5.74) is 4.04. The molecule has 0 unspecified atom stereocenters. The Labute approximate surface area is 187 Å². The fourth-order valence-electron chi connectivity index (χ4n) is 3.44. The van der Waals surface area contributed by atoms with Gasteiger partial charge in [-0.05, 0) is 43.9 Å². The van der Waals surface area contributed by atoms with Gasteiger partial charge >= 0.3 is 6.03 Å². The fourth-order valence-corrected chi connectivity index (χ4v) is 4.34. The highest BCUT2D eigenvalue weighted by atomic mass is 32.2. The van der Waals surface area contributed by atoms with E-state index in [4.69, 9.17) is 4.52 Å². The van der Waals surface area contributed by atoms with Gasteiger partial charge in [-0.1, -0.05) is 30.1 Å². The molecular formula is C21H29N5O5S. The van der Waals surface area contributed by atoms with Crippen molar-refractivity contribution in [2.75, 3.05) is 19.6 Å². The molecular weight excluding hydrogens is 434 g/mol. The van der Waals surface area contributed by atoms with Crippen molar-refractivity contribution in [2.45, 2.75) is 50.3 Å². The molecule has 1 aliphatic heterocycles. The van der Waals surface area contributed by atoms with Gasteiger partial charge in [0.25, 0.3) is 10.0 Å². The van der Waals surface area contributed by atoms with Crippen LogP contribution in [0.15, 0.2) is 39.8 Å². The number of hydrogen-bond acceptors (Lipinski definition) is 7. The second kappa shape index (κ2) is 11.1. The zero-order valence-electron chi connectivity index (χ0n) is 18.1. The van der Waals surface area contributed by atoms with Gasteiger partial charge < -0.3 is 9.84 Å². The van der Waals surface area contributed by atoms with Crippen molar-refractivity contribution < 1.29 is 22.5 Å². The summed E-state index contributed by atoms with van der Waals surface area (Å²) in [5.74, 6) is 0.480. The third-order valence-corrected chi connectivity index (χ3v) is 6.43. The summed E-state index contributed by atoms with van der Waals surface area (Å²) in [6, 6.07) is 7.15. The summed E-state index contributed by atoms with van der Waals surface area (Å²) in [7, 11) is -3.98. The molecule has 0 bridgehead atoms. The van der Waals surface area contributed by atoms with Crippen LogP contribution in [-0.2, 0) is 27.7 Å². The lowest BCUT2D eigenvalue weighted by molar-refractivity contribution is -0.120. The zero-order valence-corrected chi connectivity index (χ0v) is 18.9. The van der Waals surface area contributed by atoms with E-state index in [-0.39, 0.29) is 17.2 Å². The second-order valence-corrected chi connectivity index (χ2v) is 9.48. The number of amides is 3. The summed E-state index contributed by atoms with van der Waals surface area (Å²) < 4.78 is 31.9. The van der Waals surface area contributed by atoms with E-state index in [0.717, 1.165) is 31.2 Å². The van der Waals surface area contributed by atoms with Crippen LogP contribution in [0.3, 0.4) is 0 Å². The summed E-state index contributed by atoms with van der Waals surface area (Å²) in [6.07, 6.45) is 4.82. The van der Waals surface area contributed by atoms with E-state index < -0.39 is 16.1 Å². The number of sulfonamides is 1. The van der Waals surface area contributed by atoms with Gasteiger partial charge in [-0.25, -0.2) is 22.9 Å². The topological polar surface area (TPSA) is 134 Å². The standard InChI is InChI=1S/C21H29N5O5S/c1-16-14-18(24-31-16)15-20(27)22-11-10-17-6-8-19(9-7-17)32(29,30)25-21(28)23-26-12-4-2-3-5-13-26/h6-9,14H,2-5,10-13,15H2,1H3,(H,22,27)(H2,23,25,28). The number of nitrogens with one attached hydrogen (secondary N) is 3. The van der Waals surface area contributed by atoms with E-state index in [2.05, 4.69) is 20.6 Å². The smallest absolute Gasteiger partial charge is 0.343 e. The van der Waals surface area contributed by atoms with Crippen molar-refractivity contribution in [3.05, 3.63) is 47.3 Å². The van der Waals surface area contributed by atoms with Gasteiger partial charge in [0.05, 0.1) is 17.0 Å². The number of rotatable bonds is 8. The van der Waals surface area contributed by atoms with Crippen LogP contribution in [0, 0.1) is 6.92 Å². The van der Waals surface area contributed by atoms with Crippen LogP contribution >= 0.6 is 0 Å². The molecule has 2 heterocycles. The molecule has 0 aliphatic carbocycles. The van der Waals surface area contributed by atoms with Crippen LogP contribution in [0.2, 0.25) is 0 Å². The molecule has 174 valence electrons. The molecule has 0 atom stereocenters. The monoisotopic (exact) mass is 463 g/mol. The minimum absolute atomic E-state index is 0.00213. The minimum atomic E-state index is -3.98. The molecule has 0 spiro atoms. The predicted octanol–water partition coefficient (Wildman–Crippen LogP) is 1.66. The molecule has 32 heavy (non-hydrogen) atoms. The Bertz CT molecular complexity index is 1010. The Morgan fingerprint density at radius 3 is 2.41 bits per heavy atom. The average Bonchev–Trinajstić information content (AvgIpc) is 2.97. The van der Waals surface area contributed by atoms with Crippen molar-refractivity contribution in [2.24, 2.45) is 0 Å². The summed E-state index contributed by atoms with van der Waals surface area (Å²) in [5, 5.41) is 8.33. The highest BCUT2D eigenvalue weighted by Gasteiger charge is 2.19. The van der Waals surface area contributed by atoms with Crippen molar-refractivity contribution in [1.29, 1.82) is 0 Å². The van der Waals surface area contributed by atoms with Gasteiger partial charge in [0, 0.05) is 25.7 Å². The number of aromatic nitrogens is 1. The van der Waals surface area contributed by atoms with Crippen LogP contribution in [0.5, 0.6) is 0 Å². The van der Waals surface area contributed by atoms with Gasteiger partial charge in [-0.15, -0.1) is 0 Å². The summed E-state index contributed by atoms with van der Waals surface area (Å²) in [4.78, 5) is 24.1. The third kappa shape index (κ3) is 7.34. The van der Waals surface area contributed by atoms with Gasteiger partial charge in [0.1, 0.15) is 5.76 Å². The zero-order chi connectivity index (χ0) is 23.0. The number of urea groups is 1. The van der Waals surface area contributed by atoms with E-state index in [1.165, 1.54) is 12.1 Å². The number of nitrogens with zero attached hydrogens (tertiary/aromatic N) is 2. The molecule has 2 aromatic rings. The molecule has 0 saturated carbocycles. The molecule has 3 amide bonds. The molecule has 1 saturated heterocycles. The van der Waals surface area contributed by atoms with E-state index in [1.54, 1.807) is 30.1 Å². The van der Waals surface area contributed by atoms with E-state index in [1.807, 2.05) is 0 Å². The van der Waals surface area contributed by atoms with E-state index in [0.29, 0.717) is 37.5 Å². The molecule has 1 fully saturated rings. The summed E-state index contributed by atoms with van der Waals surface area (Å²) >= 11 is 0. The lowest BCUT2D eigenvalue weighted by atomic mass is 10.1. The summed E-state index contributed by atoms with van der Waals surface area (Å²) in [6.45, 7) is 3.57. The molecule has 3 N–H and O–H groups in total. The number of carbonyl (C=O) groups excluding carboxylic acids is 2. The van der Waals surface area contributed by atoms with Crippen molar-refractivity contribution in [3.8, 4) is 0 Å². The highest BCUT2D eigenvalue weighted by Crippen LogP contribution is 2.12.